The fourth-order valence-corrected chi connectivity index (χ4v) is 4.02. The largest absolute Gasteiger partial charge is 0.394 e. The molecule has 0 aliphatic heterocycles. The van der Waals surface area contributed by atoms with Crippen LogP contribution in [0.3, 0.4) is 0 Å². The molecule has 0 spiro atoms. The highest BCUT2D eigenvalue weighted by molar-refractivity contribution is 4.60. The minimum atomic E-state index is 0.0382. The molecule has 1 atom stereocenters. The van der Waals surface area contributed by atoms with Gasteiger partial charge < -0.3 is 38.3 Å². The summed E-state index contributed by atoms with van der Waals surface area (Å²) in [6, 6.07) is 0. The zero-order valence-corrected chi connectivity index (χ0v) is 25.0. The summed E-state index contributed by atoms with van der Waals surface area (Å²) in [5.41, 5.74) is 0. The van der Waals surface area contributed by atoms with Gasteiger partial charge in [-0.3, -0.25) is 0 Å². The Morgan fingerprint density at radius 1 is 0.395 bits per heavy atom. The lowest BCUT2D eigenvalue weighted by Crippen LogP contribution is -2.16. The average Bonchev–Trinajstić information content (AvgIpc) is 2.93. The monoisotopic (exact) mass is 550 g/mol. The summed E-state index contributed by atoms with van der Waals surface area (Å²) in [4.78, 5) is 0. The van der Waals surface area contributed by atoms with Gasteiger partial charge in [-0.15, -0.1) is 0 Å². The Labute approximate surface area is 234 Å². The summed E-state index contributed by atoms with van der Waals surface area (Å²) in [7, 11) is 0. The molecule has 0 rings (SSSR count). The molecule has 0 radical (unpaired) electrons. The predicted octanol–water partition coefficient (Wildman–Crippen LogP) is 5.43. The van der Waals surface area contributed by atoms with Gasteiger partial charge in [0, 0.05) is 6.61 Å². The molecule has 0 aliphatic rings. The zero-order valence-electron chi connectivity index (χ0n) is 25.0. The summed E-state index contributed by atoms with van der Waals surface area (Å²) in [5.74, 6) is 0.697. The number of rotatable bonds is 34. The molecule has 1 unspecified atom stereocenters. The van der Waals surface area contributed by atoms with Crippen LogP contribution in [0.5, 0.6) is 0 Å². The molecule has 0 heterocycles. The molecule has 0 fully saturated rings. The Morgan fingerprint density at radius 3 is 1.11 bits per heavy atom. The second-order valence-corrected chi connectivity index (χ2v) is 9.74. The smallest absolute Gasteiger partial charge is 0.0701 e. The Kier molecular flexibility index (Phi) is 34.4. The van der Waals surface area contributed by atoms with Gasteiger partial charge in [-0.1, -0.05) is 78.1 Å². The van der Waals surface area contributed by atoms with Crippen molar-refractivity contribution >= 4 is 0 Å². The first kappa shape index (κ1) is 37.7. The van der Waals surface area contributed by atoms with Gasteiger partial charge in [0.1, 0.15) is 0 Å². The molecule has 230 valence electrons. The van der Waals surface area contributed by atoms with Crippen LogP contribution in [0.1, 0.15) is 90.9 Å². The van der Waals surface area contributed by atoms with Crippen molar-refractivity contribution in [3.05, 3.63) is 0 Å². The molecule has 8 nitrogen and oxygen atoms in total. The fourth-order valence-electron chi connectivity index (χ4n) is 4.02. The number of aliphatic hydroxyl groups excluding tert-OH is 1. The van der Waals surface area contributed by atoms with E-state index in [2.05, 4.69) is 13.8 Å². The molecule has 38 heavy (non-hydrogen) atoms. The van der Waals surface area contributed by atoms with Crippen LogP contribution in [-0.4, -0.2) is 104 Å². The van der Waals surface area contributed by atoms with E-state index in [0.29, 0.717) is 91.8 Å². The molecule has 8 heteroatoms. The van der Waals surface area contributed by atoms with E-state index in [4.69, 9.17) is 38.3 Å². The van der Waals surface area contributed by atoms with Crippen molar-refractivity contribution in [3.63, 3.8) is 0 Å². The fraction of sp³-hybridized carbons (Fsp3) is 1.00. The molecule has 0 aromatic rings. The molecule has 0 saturated carbocycles. The van der Waals surface area contributed by atoms with E-state index < -0.39 is 0 Å². The third-order valence-corrected chi connectivity index (χ3v) is 6.25. The Hall–Kier alpha value is -0.320. The van der Waals surface area contributed by atoms with Crippen molar-refractivity contribution in [2.45, 2.75) is 90.9 Å². The van der Waals surface area contributed by atoms with Crippen LogP contribution >= 0.6 is 0 Å². The maximum Gasteiger partial charge on any atom is 0.0701 e. The zero-order chi connectivity index (χ0) is 27.6. The molecular weight excluding hydrogens is 488 g/mol. The Bertz CT molecular complexity index is 414. The van der Waals surface area contributed by atoms with E-state index in [1.807, 2.05) is 0 Å². The van der Waals surface area contributed by atoms with Gasteiger partial charge >= 0.3 is 0 Å². The first-order valence-electron chi connectivity index (χ1n) is 15.5. The normalized spacial score (nSPS) is 12.4. The molecule has 0 bridgehead atoms. The van der Waals surface area contributed by atoms with Crippen molar-refractivity contribution in [2.75, 3.05) is 99.1 Å². The highest BCUT2D eigenvalue weighted by Gasteiger charge is 2.09. The van der Waals surface area contributed by atoms with Crippen LogP contribution in [0, 0.1) is 5.92 Å². The van der Waals surface area contributed by atoms with Crippen LogP contribution in [0.25, 0.3) is 0 Å². The molecule has 0 saturated heterocycles. The number of aliphatic hydroxyl groups is 1. The number of hydrogen-bond acceptors (Lipinski definition) is 8. The van der Waals surface area contributed by atoms with Crippen molar-refractivity contribution in [1.29, 1.82) is 0 Å². The summed E-state index contributed by atoms with van der Waals surface area (Å²) >= 11 is 0. The minimum absolute atomic E-state index is 0.0382. The van der Waals surface area contributed by atoms with E-state index >= 15 is 0 Å². The van der Waals surface area contributed by atoms with Gasteiger partial charge in [-0.2, -0.15) is 0 Å². The molecule has 0 aromatic carbocycles. The van der Waals surface area contributed by atoms with Gasteiger partial charge in [0.2, 0.25) is 0 Å². The molecule has 0 aromatic heterocycles. The van der Waals surface area contributed by atoms with Crippen LogP contribution in [0.2, 0.25) is 0 Å². The van der Waals surface area contributed by atoms with E-state index in [0.717, 1.165) is 6.61 Å². The SMILES string of the molecule is CCCCCCCCC(CCCCCC)COCCOCCOCCOCCOCCOCCOCCO. The third kappa shape index (κ3) is 31.9. The second kappa shape index (κ2) is 34.7. The van der Waals surface area contributed by atoms with E-state index in [9.17, 15) is 0 Å². The molecule has 0 amide bonds. The standard InChI is InChI=1S/C30H62O8/c1-3-5-7-9-10-12-14-30(13-11-8-6-4-2)29-38-28-27-37-26-25-36-24-23-35-22-21-34-20-19-33-18-17-32-16-15-31/h30-31H,3-29H2,1-2H3. The predicted molar refractivity (Wildman–Crippen MR) is 153 cm³/mol. The average molecular weight is 551 g/mol. The minimum Gasteiger partial charge on any atom is -0.394 e. The third-order valence-electron chi connectivity index (χ3n) is 6.25. The van der Waals surface area contributed by atoms with Crippen molar-refractivity contribution in [2.24, 2.45) is 5.92 Å². The molecule has 1 N–H and O–H groups in total. The number of ether oxygens (including phenoxy) is 7. The lowest BCUT2D eigenvalue weighted by atomic mass is 9.95. The van der Waals surface area contributed by atoms with E-state index in [1.165, 1.54) is 77.0 Å². The van der Waals surface area contributed by atoms with Crippen molar-refractivity contribution in [3.8, 4) is 0 Å². The van der Waals surface area contributed by atoms with Gasteiger partial charge in [-0.25, -0.2) is 0 Å². The van der Waals surface area contributed by atoms with Crippen LogP contribution in [0.15, 0.2) is 0 Å². The number of hydrogen-bond donors (Lipinski definition) is 1. The quantitative estimate of drug-likeness (QED) is 0.106. The summed E-state index contributed by atoms with van der Waals surface area (Å²) < 4.78 is 38.5. The van der Waals surface area contributed by atoms with Crippen molar-refractivity contribution in [1.82, 2.24) is 0 Å². The van der Waals surface area contributed by atoms with Gasteiger partial charge in [0.05, 0.1) is 92.5 Å². The number of unbranched alkanes of at least 4 members (excludes halogenated alkanes) is 8. The maximum absolute atomic E-state index is 8.58. The van der Waals surface area contributed by atoms with Crippen LogP contribution in [-0.2, 0) is 33.2 Å². The highest BCUT2D eigenvalue weighted by atomic mass is 16.6. The van der Waals surface area contributed by atoms with Gasteiger partial charge in [0.15, 0.2) is 0 Å². The molecule has 0 aliphatic carbocycles. The van der Waals surface area contributed by atoms with Crippen LogP contribution in [0.4, 0.5) is 0 Å². The first-order valence-corrected chi connectivity index (χ1v) is 15.5. The summed E-state index contributed by atoms with van der Waals surface area (Å²) in [5, 5.41) is 8.58. The topological polar surface area (TPSA) is 84.8 Å². The lowest BCUT2D eigenvalue weighted by Gasteiger charge is -2.17. The second-order valence-electron chi connectivity index (χ2n) is 9.74. The Morgan fingerprint density at radius 2 is 0.711 bits per heavy atom. The van der Waals surface area contributed by atoms with Gasteiger partial charge in [-0.05, 0) is 18.8 Å². The summed E-state index contributed by atoms with van der Waals surface area (Å²) in [6.07, 6.45) is 16.1. The van der Waals surface area contributed by atoms with Crippen molar-refractivity contribution < 1.29 is 38.3 Å². The molecular formula is C30H62O8. The Balaban J connectivity index is 3.44. The maximum atomic E-state index is 8.58. The highest BCUT2D eigenvalue weighted by Crippen LogP contribution is 2.19. The van der Waals surface area contributed by atoms with Crippen LogP contribution < -0.4 is 0 Å². The van der Waals surface area contributed by atoms with E-state index in [-0.39, 0.29) is 6.61 Å². The van der Waals surface area contributed by atoms with Gasteiger partial charge in [0.25, 0.3) is 0 Å². The van der Waals surface area contributed by atoms with E-state index in [1.54, 1.807) is 0 Å². The lowest BCUT2D eigenvalue weighted by molar-refractivity contribution is -0.0227. The first-order chi connectivity index (χ1) is 18.8. The summed E-state index contributed by atoms with van der Waals surface area (Å²) in [6.45, 7) is 12.4.